The van der Waals surface area contributed by atoms with Gasteiger partial charge in [0, 0.05) is 18.2 Å². The predicted octanol–water partition coefficient (Wildman–Crippen LogP) is 2.68. The minimum absolute atomic E-state index is 0.105. The summed E-state index contributed by atoms with van der Waals surface area (Å²) in [5.41, 5.74) is -0.349. The number of rotatable bonds is 8. The number of benzene rings is 1. The van der Waals surface area contributed by atoms with E-state index in [4.69, 9.17) is 0 Å². The Morgan fingerprint density at radius 1 is 1.33 bits per heavy atom. The molecule has 0 aliphatic heterocycles. The Labute approximate surface area is 130 Å². The summed E-state index contributed by atoms with van der Waals surface area (Å²) in [5, 5.41) is 12.7. The van der Waals surface area contributed by atoms with Crippen LogP contribution in [0.3, 0.4) is 0 Å². The molecule has 1 aromatic carbocycles. The van der Waals surface area contributed by atoms with Crippen molar-refractivity contribution in [3.8, 4) is 0 Å². The van der Waals surface area contributed by atoms with Gasteiger partial charge < -0.3 is 10.4 Å². The number of carbonyl (C=O) groups excluding carboxylic acids is 1. The second kappa shape index (κ2) is 8.08. The molecule has 0 aliphatic carbocycles. The van der Waals surface area contributed by atoms with Crippen molar-refractivity contribution >= 4 is 23.6 Å². The topological polar surface area (TPSA) is 66.4 Å². The molecule has 0 heterocycles. The van der Waals surface area contributed by atoms with Gasteiger partial charge in [0.05, 0.1) is 0 Å². The maximum Gasteiger partial charge on any atom is 0.315 e. The Bertz CT molecular complexity index is 478. The normalized spacial score (nSPS) is 15.0. The van der Waals surface area contributed by atoms with Gasteiger partial charge in [-0.3, -0.25) is 9.59 Å². The molecule has 1 rings (SSSR count). The van der Waals surface area contributed by atoms with E-state index in [0.717, 1.165) is 5.56 Å². The molecule has 4 nitrogen and oxygen atoms in total. The first-order chi connectivity index (χ1) is 9.96. The summed E-state index contributed by atoms with van der Waals surface area (Å²) in [6.07, 6.45) is 2.77. The van der Waals surface area contributed by atoms with Gasteiger partial charge in [-0.15, -0.1) is 0 Å². The van der Waals surface area contributed by atoms with Crippen LogP contribution in [0.15, 0.2) is 30.3 Å². The molecule has 0 aliphatic rings. The maximum atomic E-state index is 11.9. The number of carboxylic acids is 1. The van der Waals surface area contributed by atoms with E-state index >= 15 is 0 Å². The zero-order valence-electron chi connectivity index (χ0n) is 12.8. The molecule has 0 saturated carbocycles. The van der Waals surface area contributed by atoms with Crippen LogP contribution in [0, 0.1) is 0 Å². The number of thioether (sulfide) groups is 1. The summed E-state index contributed by atoms with van der Waals surface area (Å²) in [7, 11) is 0. The highest BCUT2D eigenvalue weighted by molar-refractivity contribution is 7.99. The Morgan fingerprint density at radius 2 is 1.95 bits per heavy atom. The summed E-state index contributed by atoms with van der Waals surface area (Å²) in [5.74, 6) is -1.01. The van der Waals surface area contributed by atoms with Crippen LogP contribution in [0.4, 0.5) is 0 Å². The number of carboxylic acid groups (broad SMARTS) is 1. The number of hydrogen-bond acceptors (Lipinski definition) is 3. The highest BCUT2D eigenvalue weighted by atomic mass is 32.2. The summed E-state index contributed by atoms with van der Waals surface area (Å²) in [6.45, 7) is 3.92. The maximum absolute atomic E-state index is 11.9. The van der Waals surface area contributed by atoms with E-state index in [1.807, 2.05) is 38.3 Å². The molecule has 2 atom stereocenters. The van der Waals surface area contributed by atoms with Crippen molar-refractivity contribution in [3.63, 3.8) is 0 Å². The predicted molar refractivity (Wildman–Crippen MR) is 86.7 cm³/mol. The van der Waals surface area contributed by atoms with Crippen LogP contribution in [0.2, 0.25) is 0 Å². The first-order valence-corrected chi connectivity index (χ1v) is 8.33. The molecule has 1 aromatic rings. The van der Waals surface area contributed by atoms with Crippen molar-refractivity contribution in [3.05, 3.63) is 35.9 Å². The molecular formula is C16H23NO3S. The van der Waals surface area contributed by atoms with E-state index in [9.17, 15) is 14.7 Å². The number of aliphatic carboxylic acids is 1. The number of hydrogen-bond donors (Lipinski definition) is 2. The van der Waals surface area contributed by atoms with Crippen LogP contribution < -0.4 is 5.32 Å². The fourth-order valence-electron chi connectivity index (χ4n) is 2.20. The average molecular weight is 309 g/mol. The molecule has 116 valence electrons. The molecule has 2 unspecified atom stereocenters. The molecule has 0 fully saturated rings. The van der Waals surface area contributed by atoms with Gasteiger partial charge in [-0.2, -0.15) is 11.8 Å². The van der Waals surface area contributed by atoms with Crippen LogP contribution >= 0.6 is 11.8 Å². The minimum atomic E-state index is -1.07. The zero-order chi connectivity index (χ0) is 15.9. The summed E-state index contributed by atoms with van der Waals surface area (Å²) in [6, 6.07) is 9.09. The fourth-order valence-corrected chi connectivity index (χ4v) is 2.52. The van der Waals surface area contributed by atoms with Gasteiger partial charge in [-0.25, -0.2) is 0 Å². The molecule has 0 bridgehead atoms. The SMILES string of the molecule is CCC(CNC(=O)CC(C)SC)(C(=O)O)c1ccccc1. The van der Waals surface area contributed by atoms with Crippen LogP contribution in [0.5, 0.6) is 0 Å². The minimum Gasteiger partial charge on any atom is -0.481 e. The smallest absolute Gasteiger partial charge is 0.315 e. The average Bonchev–Trinajstić information content (AvgIpc) is 2.49. The number of nitrogens with one attached hydrogen (secondary N) is 1. The third-order valence-electron chi connectivity index (χ3n) is 3.80. The molecule has 2 N–H and O–H groups in total. The lowest BCUT2D eigenvalue weighted by molar-refractivity contribution is -0.144. The van der Waals surface area contributed by atoms with Crippen molar-refractivity contribution < 1.29 is 14.7 Å². The largest absolute Gasteiger partial charge is 0.481 e. The lowest BCUT2D eigenvalue weighted by atomic mass is 9.78. The second-order valence-electron chi connectivity index (χ2n) is 5.13. The monoisotopic (exact) mass is 309 g/mol. The molecule has 0 radical (unpaired) electrons. The van der Waals surface area contributed by atoms with Crippen molar-refractivity contribution in [1.82, 2.24) is 5.32 Å². The quantitative estimate of drug-likeness (QED) is 0.775. The van der Waals surface area contributed by atoms with E-state index in [-0.39, 0.29) is 17.7 Å². The second-order valence-corrected chi connectivity index (χ2v) is 6.41. The van der Waals surface area contributed by atoms with E-state index in [1.165, 1.54) is 0 Å². The highest BCUT2D eigenvalue weighted by Gasteiger charge is 2.38. The first kappa shape index (κ1) is 17.6. The third-order valence-corrected chi connectivity index (χ3v) is 4.77. The van der Waals surface area contributed by atoms with Gasteiger partial charge in [0.1, 0.15) is 5.41 Å². The van der Waals surface area contributed by atoms with Crippen LogP contribution in [-0.2, 0) is 15.0 Å². The van der Waals surface area contributed by atoms with E-state index < -0.39 is 11.4 Å². The molecule has 5 heteroatoms. The zero-order valence-corrected chi connectivity index (χ0v) is 13.6. The van der Waals surface area contributed by atoms with E-state index in [2.05, 4.69) is 5.32 Å². The van der Waals surface area contributed by atoms with Crippen molar-refractivity contribution in [2.75, 3.05) is 12.8 Å². The molecule has 0 spiro atoms. The molecule has 0 saturated heterocycles. The Hall–Kier alpha value is -1.49. The van der Waals surface area contributed by atoms with Gasteiger partial charge in [0.15, 0.2) is 0 Å². The summed E-state index contributed by atoms with van der Waals surface area (Å²) in [4.78, 5) is 23.7. The molecule has 21 heavy (non-hydrogen) atoms. The lowest BCUT2D eigenvalue weighted by Crippen LogP contribution is -2.46. The van der Waals surface area contributed by atoms with Crippen molar-refractivity contribution in [1.29, 1.82) is 0 Å². The fraction of sp³-hybridized carbons (Fsp3) is 0.500. The van der Waals surface area contributed by atoms with E-state index in [0.29, 0.717) is 12.8 Å². The van der Waals surface area contributed by atoms with Gasteiger partial charge >= 0.3 is 5.97 Å². The Kier molecular flexibility index (Phi) is 6.75. The molecular weight excluding hydrogens is 286 g/mol. The standard InChI is InChI=1S/C16H23NO3S/c1-4-16(15(19)20,13-8-6-5-7-9-13)11-17-14(18)10-12(2)21-3/h5-9,12H,4,10-11H2,1-3H3,(H,17,18)(H,19,20). The number of amides is 1. The molecule has 1 amide bonds. The summed E-state index contributed by atoms with van der Waals surface area (Å²) < 4.78 is 0. The van der Waals surface area contributed by atoms with E-state index in [1.54, 1.807) is 23.9 Å². The highest BCUT2D eigenvalue weighted by Crippen LogP contribution is 2.28. The van der Waals surface area contributed by atoms with Crippen LogP contribution in [0.1, 0.15) is 32.3 Å². The summed E-state index contributed by atoms with van der Waals surface area (Å²) >= 11 is 1.62. The lowest BCUT2D eigenvalue weighted by Gasteiger charge is -2.29. The Morgan fingerprint density at radius 3 is 2.43 bits per heavy atom. The van der Waals surface area contributed by atoms with Crippen molar-refractivity contribution in [2.45, 2.75) is 37.4 Å². The van der Waals surface area contributed by atoms with Gasteiger partial charge in [-0.05, 0) is 18.2 Å². The van der Waals surface area contributed by atoms with Gasteiger partial charge in [-0.1, -0.05) is 44.2 Å². The Balaban J connectivity index is 2.86. The van der Waals surface area contributed by atoms with Gasteiger partial charge in [0.2, 0.25) is 5.91 Å². The van der Waals surface area contributed by atoms with Crippen molar-refractivity contribution in [2.24, 2.45) is 0 Å². The molecule has 0 aromatic heterocycles. The number of carbonyl (C=O) groups is 2. The van der Waals surface area contributed by atoms with Gasteiger partial charge in [0.25, 0.3) is 0 Å². The van der Waals surface area contributed by atoms with Crippen LogP contribution in [0.25, 0.3) is 0 Å². The third kappa shape index (κ3) is 4.49. The van der Waals surface area contributed by atoms with Crippen LogP contribution in [-0.4, -0.2) is 35.0 Å². The first-order valence-electron chi connectivity index (χ1n) is 7.04.